The number of carbonyl (C=O) groups is 2. The van der Waals surface area contributed by atoms with Gasteiger partial charge in [-0.2, -0.15) is 0 Å². The molecule has 15 heavy (non-hydrogen) atoms. The van der Waals surface area contributed by atoms with Gasteiger partial charge >= 0.3 is 5.97 Å². The molecule has 1 atom stereocenters. The summed E-state index contributed by atoms with van der Waals surface area (Å²) in [4.78, 5) is 22.2. The molecule has 1 aliphatic rings. The van der Waals surface area contributed by atoms with Gasteiger partial charge in [0.05, 0.1) is 6.61 Å². The van der Waals surface area contributed by atoms with E-state index in [0.717, 1.165) is 32.1 Å². The van der Waals surface area contributed by atoms with Gasteiger partial charge in [0.2, 0.25) is 0 Å². The Bertz CT molecular complexity index is 256. The van der Waals surface area contributed by atoms with Crippen molar-refractivity contribution in [2.75, 3.05) is 6.61 Å². The van der Waals surface area contributed by atoms with E-state index in [2.05, 4.69) is 0 Å². The Morgan fingerprint density at radius 2 is 2.40 bits per heavy atom. The van der Waals surface area contributed by atoms with E-state index in [1.807, 2.05) is 0 Å². The normalized spacial score (nSPS) is 21.1. The van der Waals surface area contributed by atoms with Gasteiger partial charge in [-0.25, -0.2) is 4.79 Å². The number of Topliss-reactive ketones (excluding diaryl/α,β-unsaturated/α-hetero) is 1. The molecule has 0 bridgehead atoms. The van der Waals surface area contributed by atoms with Crippen LogP contribution >= 0.6 is 0 Å². The summed E-state index contributed by atoms with van der Waals surface area (Å²) in [5.41, 5.74) is 0. The molecule has 1 unspecified atom stereocenters. The van der Waals surface area contributed by atoms with Crippen LogP contribution in [-0.2, 0) is 14.3 Å². The van der Waals surface area contributed by atoms with Crippen LogP contribution in [0.25, 0.3) is 0 Å². The third-order valence-corrected chi connectivity index (χ3v) is 2.65. The summed E-state index contributed by atoms with van der Waals surface area (Å²) in [6.07, 6.45) is 7.69. The van der Waals surface area contributed by atoms with Crippen molar-refractivity contribution in [3.05, 3.63) is 12.2 Å². The predicted molar refractivity (Wildman–Crippen MR) is 57.4 cm³/mol. The van der Waals surface area contributed by atoms with Crippen molar-refractivity contribution in [1.82, 2.24) is 0 Å². The minimum Gasteiger partial charge on any atom is -0.463 e. The summed E-state index contributed by atoms with van der Waals surface area (Å²) in [7, 11) is 0. The molecule has 0 aromatic heterocycles. The van der Waals surface area contributed by atoms with Crippen molar-refractivity contribution in [3.8, 4) is 0 Å². The van der Waals surface area contributed by atoms with Crippen LogP contribution in [0.4, 0.5) is 0 Å². The lowest BCUT2D eigenvalue weighted by Crippen LogP contribution is -2.05. The summed E-state index contributed by atoms with van der Waals surface area (Å²) in [6, 6.07) is 0. The van der Waals surface area contributed by atoms with Gasteiger partial charge in [0.25, 0.3) is 0 Å². The zero-order chi connectivity index (χ0) is 11.1. The zero-order valence-electron chi connectivity index (χ0n) is 9.20. The van der Waals surface area contributed by atoms with E-state index >= 15 is 0 Å². The summed E-state index contributed by atoms with van der Waals surface area (Å²) >= 11 is 0. The zero-order valence-corrected chi connectivity index (χ0v) is 9.20. The van der Waals surface area contributed by atoms with Crippen LogP contribution in [0, 0.1) is 5.92 Å². The van der Waals surface area contributed by atoms with Crippen molar-refractivity contribution in [2.24, 2.45) is 5.92 Å². The van der Waals surface area contributed by atoms with Crippen LogP contribution in [0.3, 0.4) is 0 Å². The summed E-state index contributed by atoms with van der Waals surface area (Å²) < 4.78 is 4.74. The van der Waals surface area contributed by atoms with Crippen molar-refractivity contribution in [2.45, 2.75) is 39.0 Å². The second-order valence-corrected chi connectivity index (χ2v) is 3.79. The monoisotopic (exact) mass is 210 g/mol. The van der Waals surface area contributed by atoms with Gasteiger partial charge in [-0.1, -0.05) is 6.08 Å². The SMILES string of the molecule is CCOC(=O)/C=C/CCC1CCCC1=O. The standard InChI is InChI=1S/C12H18O3/c1-2-15-12(14)9-4-3-6-10-7-5-8-11(10)13/h4,9-10H,2-3,5-8H2,1H3/b9-4+. The molecular weight excluding hydrogens is 192 g/mol. The van der Waals surface area contributed by atoms with Gasteiger partial charge in [0, 0.05) is 18.4 Å². The second kappa shape index (κ2) is 6.38. The minimum absolute atomic E-state index is 0.233. The molecule has 84 valence electrons. The number of esters is 1. The molecule has 0 aromatic rings. The second-order valence-electron chi connectivity index (χ2n) is 3.79. The van der Waals surface area contributed by atoms with Crippen molar-refractivity contribution in [1.29, 1.82) is 0 Å². The Labute approximate surface area is 90.5 Å². The van der Waals surface area contributed by atoms with Gasteiger partial charge in [-0.15, -0.1) is 0 Å². The van der Waals surface area contributed by atoms with E-state index in [1.54, 1.807) is 13.0 Å². The van der Waals surface area contributed by atoms with Crippen LogP contribution in [0.1, 0.15) is 39.0 Å². The van der Waals surface area contributed by atoms with Gasteiger partial charge < -0.3 is 4.74 Å². The van der Waals surface area contributed by atoms with Crippen LogP contribution < -0.4 is 0 Å². The molecule has 3 nitrogen and oxygen atoms in total. The molecule has 1 rings (SSSR count). The van der Waals surface area contributed by atoms with E-state index in [0.29, 0.717) is 12.4 Å². The maximum atomic E-state index is 11.3. The maximum Gasteiger partial charge on any atom is 0.330 e. The summed E-state index contributed by atoms with van der Waals surface area (Å²) in [6.45, 7) is 2.19. The highest BCUT2D eigenvalue weighted by atomic mass is 16.5. The molecule has 0 spiro atoms. The Balaban J connectivity index is 2.15. The predicted octanol–water partition coefficient (Wildman–Crippen LogP) is 2.26. The molecule has 1 aliphatic carbocycles. The number of ether oxygens (including phenoxy) is 1. The molecule has 0 heterocycles. The number of hydrogen-bond donors (Lipinski definition) is 0. The first-order chi connectivity index (χ1) is 7.24. The van der Waals surface area contributed by atoms with Gasteiger partial charge in [0.1, 0.15) is 5.78 Å². The fourth-order valence-electron chi connectivity index (χ4n) is 1.86. The smallest absolute Gasteiger partial charge is 0.330 e. The van der Waals surface area contributed by atoms with Crippen LogP contribution in [0.5, 0.6) is 0 Å². The number of hydrogen-bond acceptors (Lipinski definition) is 3. The Kier molecular flexibility index (Phi) is 5.08. The average molecular weight is 210 g/mol. The summed E-state index contributed by atoms with van der Waals surface area (Å²) in [5.74, 6) is 0.326. The average Bonchev–Trinajstić information content (AvgIpc) is 2.60. The first kappa shape index (κ1) is 12.0. The molecule has 1 saturated carbocycles. The van der Waals surface area contributed by atoms with Gasteiger partial charge in [0.15, 0.2) is 0 Å². The maximum absolute atomic E-state index is 11.3. The van der Waals surface area contributed by atoms with E-state index in [4.69, 9.17) is 4.74 Å². The van der Waals surface area contributed by atoms with E-state index < -0.39 is 0 Å². The molecule has 0 radical (unpaired) electrons. The number of rotatable bonds is 5. The molecule has 3 heteroatoms. The van der Waals surface area contributed by atoms with Crippen molar-refractivity contribution >= 4 is 11.8 Å². The van der Waals surface area contributed by atoms with Crippen LogP contribution in [0.15, 0.2) is 12.2 Å². The molecule has 1 fully saturated rings. The minimum atomic E-state index is -0.296. The quantitative estimate of drug-likeness (QED) is 0.516. The largest absolute Gasteiger partial charge is 0.463 e. The first-order valence-electron chi connectivity index (χ1n) is 5.60. The Hall–Kier alpha value is -1.12. The molecule has 0 aromatic carbocycles. The highest BCUT2D eigenvalue weighted by Crippen LogP contribution is 2.25. The summed E-state index contributed by atoms with van der Waals surface area (Å²) in [5, 5.41) is 0. The number of ketones is 1. The van der Waals surface area contributed by atoms with Crippen LogP contribution in [0.2, 0.25) is 0 Å². The molecular formula is C12H18O3. The highest BCUT2D eigenvalue weighted by Gasteiger charge is 2.22. The number of carbonyl (C=O) groups excluding carboxylic acids is 2. The third kappa shape index (κ3) is 4.28. The van der Waals surface area contributed by atoms with Crippen LogP contribution in [-0.4, -0.2) is 18.4 Å². The third-order valence-electron chi connectivity index (χ3n) is 2.65. The van der Waals surface area contributed by atoms with E-state index in [1.165, 1.54) is 6.08 Å². The Morgan fingerprint density at radius 1 is 1.60 bits per heavy atom. The lowest BCUT2D eigenvalue weighted by molar-refractivity contribution is -0.137. The topological polar surface area (TPSA) is 43.4 Å². The fraction of sp³-hybridized carbons (Fsp3) is 0.667. The molecule has 0 N–H and O–H groups in total. The van der Waals surface area contributed by atoms with Gasteiger partial charge in [-0.05, 0) is 32.6 Å². The van der Waals surface area contributed by atoms with E-state index in [9.17, 15) is 9.59 Å². The molecule has 0 aliphatic heterocycles. The first-order valence-corrected chi connectivity index (χ1v) is 5.60. The van der Waals surface area contributed by atoms with Crippen molar-refractivity contribution < 1.29 is 14.3 Å². The highest BCUT2D eigenvalue weighted by molar-refractivity contribution is 5.83. The lowest BCUT2D eigenvalue weighted by atomic mass is 10.0. The van der Waals surface area contributed by atoms with Gasteiger partial charge in [-0.3, -0.25) is 4.79 Å². The Morgan fingerprint density at radius 3 is 3.00 bits per heavy atom. The van der Waals surface area contributed by atoms with Crippen molar-refractivity contribution in [3.63, 3.8) is 0 Å². The fourth-order valence-corrected chi connectivity index (χ4v) is 1.86. The molecule has 0 amide bonds. The van der Waals surface area contributed by atoms with E-state index in [-0.39, 0.29) is 11.9 Å². The number of allylic oxidation sites excluding steroid dienone is 1. The lowest BCUT2D eigenvalue weighted by Gasteiger charge is -2.03. The molecule has 0 saturated heterocycles.